The zero-order chi connectivity index (χ0) is 12.4. The molecule has 0 aliphatic heterocycles. The lowest BCUT2D eigenvalue weighted by atomic mass is 10.1. The van der Waals surface area contributed by atoms with Crippen molar-refractivity contribution >= 4 is 16.6 Å². The molecule has 88 valence electrons. The van der Waals surface area contributed by atoms with Gasteiger partial charge in [0.25, 0.3) is 5.69 Å². The number of benzene rings is 1. The molecule has 5 nitrogen and oxygen atoms in total. The van der Waals surface area contributed by atoms with E-state index < -0.39 is 4.92 Å². The molecule has 0 saturated heterocycles. The van der Waals surface area contributed by atoms with Crippen molar-refractivity contribution in [3.8, 4) is 5.75 Å². The Morgan fingerprint density at radius 3 is 2.76 bits per heavy atom. The SMILES string of the molecule is CC(C)Oc1ccc([N+](=O)[O-])c2ncccc12. The number of nitro benzene ring substituents is 1. The first-order valence-corrected chi connectivity index (χ1v) is 5.28. The second-order valence-electron chi connectivity index (χ2n) is 3.91. The fourth-order valence-corrected chi connectivity index (χ4v) is 1.64. The lowest BCUT2D eigenvalue weighted by Gasteiger charge is -2.11. The Morgan fingerprint density at radius 1 is 1.35 bits per heavy atom. The standard InChI is InChI=1S/C12H12N2O3/c1-8(2)17-11-6-5-10(14(15)16)12-9(11)4-3-7-13-12/h3-8H,1-2H3. The second kappa shape index (κ2) is 4.37. The van der Waals surface area contributed by atoms with Gasteiger partial charge in [-0.05, 0) is 32.0 Å². The molecule has 0 amide bonds. The van der Waals surface area contributed by atoms with Crippen molar-refractivity contribution in [2.24, 2.45) is 0 Å². The number of ether oxygens (including phenoxy) is 1. The minimum Gasteiger partial charge on any atom is -0.490 e. The van der Waals surface area contributed by atoms with Crippen LogP contribution in [0.25, 0.3) is 10.9 Å². The van der Waals surface area contributed by atoms with E-state index in [9.17, 15) is 10.1 Å². The van der Waals surface area contributed by atoms with Crippen LogP contribution < -0.4 is 4.74 Å². The minimum absolute atomic E-state index is 0.00305. The Morgan fingerprint density at radius 2 is 2.12 bits per heavy atom. The molecule has 2 rings (SSSR count). The first kappa shape index (κ1) is 11.3. The third-order valence-corrected chi connectivity index (χ3v) is 2.27. The van der Waals surface area contributed by atoms with Crippen molar-refractivity contribution in [3.05, 3.63) is 40.6 Å². The molecule has 0 N–H and O–H groups in total. The van der Waals surface area contributed by atoms with E-state index in [1.165, 1.54) is 12.3 Å². The number of hydrogen-bond acceptors (Lipinski definition) is 4. The summed E-state index contributed by atoms with van der Waals surface area (Å²) in [4.78, 5) is 14.5. The van der Waals surface area contributed by atoms with Gasteiger partial charge in [0.2, 0.25) is 0 Å². The molecule has 0 unspecified atom stereocenters. The van der Waals surface area contributed by atoms with Crippen LogP contribution in [-0.2, 0) is 0 Å². The van der Waals surface area contributed by atoms with Crippen LogP contribution in [0.15, 0.2) is 30.5 Å². The third-order valence-electron chi connectivity index (χ3n) is 2.27. The van der Waals surface area contributed by atoms with Gasteiger partial charge in [-0.1, -0.05) is 0 Å². The molecule has 1 aromatic carbocycles. The summed E-state index contributed by atoms with van der Waals surface area (Å²) in [5.41, 5.74) is 0.354. The van der Waals surface area contributed by atoms with Crippen molar-refractivity contribution in [1.29, 1.82) is 0 Å². The number of nitro groups is 1. The minimum atomic E-state index is -0.436. The number of fused-ring (bicyclic) bond motifs is 1. The first-order chi connectivity index (χ1) is 8.09. The van der Waals surface area contributed by atoms with Crippen LogP contribution in [0.2, 0.25) is 0 Å². The molecule has 2 aromatic rings. The van der Waals surface area contributed by atoms with E-state index in [0.29, 0.717) is 16.7 Å². The van der Waals surface area contributed by atoms with Gasteiger partial charge in [-0.2, -0.15) is 0 Å². The Hall–Kier alpha value is -2.17. The number of pyridine rings is 1. The fourth-order valence-electron chi connectivity index (χ4n) is 1.64. The molecule has 17 heavy (non-hydrogen) atoms. The van der Waals surface area contributed by atoms with E-state index >= 15 is 0 Å². The average molecular weight is 232 g/mol. The molecule has 0 fully saturated rings. The molecule has 0 aliphatic rings. The van der Waals surface area contributed by atoms with Crippen LogP contribution in [0.3, 0.4) is 0 Å². The monoisotopic (exact) mass is 232 g/mol. The fraction of sp³-hybridized carbons (Fsp3) is 0.250. The summed E-state index contributed by atoms with van der Waals surface area (Å²) in [5.74, 6) is 0.619. The lowest BCUT2D eigenvalue weighted by Crippen LogP contribution is -2.06. The maximum absolute atomic E-state index is 10.9. The van der Waals surface area contributed by atoms with Crippen LogP contribution in [0.1, 0.15) is 13.8 Å². The quantitative estimate of drug-likeness (QED) is 0.602. The molecule has 0 saturated carbocycles. The third kappa shape index (κ3) is 2.18. The summed E-state index contributed by atoms with van der Waals surface area (Å²) in [5, 5.41) is 11.5. The Kier molecular flexibility index (Phi) is 2.91. The van der Waals surface area contributed by atoms with Gasteiger partial charge >= 0.3 is 0 Å². The molecule has 0 bridgehead atoms. The van der Waals surface area contributed by atoms with Crippen molar-refractivity contribution in [2.75, 3.05) is 0 Å². The van der Waals surface area contributed by atoms with E-state index in [-0.39, 0.29) is 11.8 Å². The average Bonchev–Trinajstić information content (AvgIpc) is 2.28. The Bertz CT molecular complexity index is 567. The smallest absolute Gasteiger partial charge is 0.295 e. The van der Waals surface area contributed by atoms with Gasteiger partial charge in [-0.3, -0.25) is 10.1 Å². The molecule has 0 atom stereocenters. The van der Waals surface area contributed by atoms with Gasteiger partial charge in [0.15, 0.2) is 5.52 Å². The molecular weight excluding hydrogens is 220 g/mol. The van der Waals surface area contributed by atoms with Crippen LogP contribution >= 0.6 is 0 Å². The zero-order valence-electron chi connectivity index (χ0n) is 9.58. The first-order valence-electron chi connectivity index (χ1n) is 5.28. The summed E-state index contributed by atoms with van der Waals surface area (Å²) in [7, 11) is 0. The molecule has 0 aliphatic carbocycles. The summed E-state index contributed by atoms with van der Waals surface area (Å²) in [6, 6.07) is 6.54. The van der Waals surface area contributed by atoms with E-state index in [4.69, 9.17) is 4.74 Å². The zero-order valence-corrected chi connectivity index (χ0v) is 9.58. The van der Waals surface area contributed by atoms with Crippen LogP contribution in [-0.4, -0.2) is 16.0 Å². The van der Waals surface area contributed by atoms with E-state index in [2.05, 4.69) is 4.98 Å². The molecule has 5 heteroatoms. The highest BCUT2D eigenvalue weighted by atomic mass is 16.6. The van der Waals surface area contributed by atoms with Crippen molar-refractivity contribution < 1.29 is 9.66 Å². The van der Waals surface area contributed by atoms with Gasteiger partial charge in [-0.15, -0.1) is 0 Å². The summed E-state index contributed by atoms with van der Waals surface area (Å²) in [6.45, 7) is 3.81. The van der Waals surface area contributed by atoms with Crippen molar-refractivity contribution in [1.82, 2.24) is 4.98 Å². The van der Waals surface area contributed by atoms with Crippen LogP contribution in [0.4, 0.5) is 5.69 Å². The van der Waals surface area contributed by atoms with Crippen LogP contribution in [0, 0.1) is 10.1 Å². The topological polar surface area (TPSA) is 65.3 Å². The maximum atomic E-state index is 10.9. The van der Waals surface area contributed by atoms with Gasteiger partial charge in [-0.25, -0.2) is 4.98 Å². The summed E-state index contributed by atoms with van der Waals surface area (Å²) >= 11 is 0. The van der Waals surface area contributed by atoms with E-state index in [0.717, 1.165) is 0 Å². The molecule has 0 radical (unpaired) electrons. The highest BCUT2D eigenvalue weighted by Crippen LogP contribution is 2.31. The largest absolute Gasteiger partial charge is 0.490 e. The highest BCUT2D eigenvalue weighted by molar-refractivity contribution is 5.91. The van der Waals surface area contributed by atoms with Gasteiger partial charge in [0.05, 0.1) is 11.0 Å². The Balaban J connectivity index is 2.66. The summed E-state index contributed by atoms with van der Waals surface area (Å²) in [6.07, 6.45) is 1.55. The van der Waals surface area contributed by atoms with Crippen LogP contribution in [0.5, 0.6) is 5.75 Å². The highest BCUT2D eigenvalue weighted by Gasteiger charge is 2.16. The molecule has 0 spiro atoms. The van der Waals surface area contributed by atoms with E-state index in [1.807, 2.05) is 13.8 Å². The molecule has 1 heterocycles. The number of hydrogen-bond donors (Lipinski definition) is 0. The van der Waals surface area contributed by atoms with Gasteiger partial charge in [0.1, 0.15) is 5.75 Å². The molecular formula is C12H12N2O3. The Labute approximate surface area is 98.2 Å². The molecule has 1 aromatic heterocycles. The van der Waals surface area contributed by atoms with E-state index in [1.54, 1.807) is 18.2 Å². The van der Waals surface area contributed by atoms with Gasteiger partial charge < -0.3 is 4.74 Å². The number of aromatic nitrogens is 1. The lowest BCUT2D eigenvalue weighted by molar-refractivity contribution is -0.383. The normalized spacial score (nSPS) is 10.8. The van der Waals surface area contributed by atoms with Crippen molar-refractivity contribution in [3.63, 3.8) is 0 Å². The number of non-ortho nitro benzene ring substituents is 1. The maximum Gasteiger partial charge on any atom is 0.295 e. The number of rotatable bonds is 3. The predicted octanol–water partition coefficient (Wildman–Crippen LogP) is 2.93. The number of nitrogens with zero attached hydrogens (tertiary/aromatic N) is 2. The second-order valence-corrected chi connectivity index (χ2v) is 3.91. The van der Waals surface area contributed by atoms with Crippen molar-refractivity contribution in [2.45, 2.75) is 20.0 Å². The summed E-state index contributed by atoms with van der Waals surface area (Å²) < 4.78 is 5.60. The van der Waals surface area contributed by atoms with Gasteiger partial charge in [0, 0.05) is 17.6 Å². The predicted molar refractivity (Wildman–Crippen MR) is 64.2 cm³/mol.